The zero-order chi connectivity index (χ0) is 26.3. The molecular formula is C27H30ClN3O4S. The van der Waals surface area contributed by atoms with Gasteiger partial charge in [-0.3, -0.25) is 19.3 Å². The molecule has 0 aliphatic heterocycles. The number of thiophene rings is 1. The molecule has 3 rings (SSSR count). The lowest BCUT2D eigenvalue weighted by molar-refractivity contribution is -0.127. The standard InChI is InChI=1S/C27H30ClN3O4S/c1-5-27(2,3)30-26(34)24(18-8-6-9-21(16-18)35-4)31(20-13-11-19(28)12-14-20)23(32)17-29-25(33)22-10-7-15-36-22/h6-16,24H,5,17H2,1-4H3,(H,29,33)(H,30,34)/t24-/m1/s1. The Morgan fingerprint density at radius 1 is 1.08 bits per heavy atom. The van der Waals surface area contributed by atoms with Gasteiger partial charge in [0.15, 0.2) is 0 Å². The van der Waals surface area contributed by atoms with Gasteiger partial charge in [0.2, 0.25) is 11.8 Å². The first kappa shape index (κ1) is 27.2. The topological polar surface area (TPSA) is 87.7 Å². The minimum absolute atomic E-state index is 0.301. The van der Waals surface area contributed by atoms with Crippen LogP contribution in [0.3, 0.4) is 0 Å². The van der Waals surface area contributed by atoms with Gasteiger partial charge in [-0.25, -0.2) is 0 Å². The molecule has 1 atom stereocenters. The van der Waals surface area contributed by atoms with Crippen molar-refractivity contribution in [2.45, 2.75) is 38.8 Å². The Hall–Kier alpha value is -3.36. The van der Waals surface area contributed by atoms with Gasteiger partial charge in [-0.05, 0) is 73.7 Å². The summed E-state index contributed by atoms with van der Waals surface area (Å²) < 4.78 is 5.38. The molecule has 0 saturated heterocycles. The lowest BCUT2D eigenvalue weighted by atomic mass is 9.98. The van der Waals surface area contributed by atoms with Crippen molar-refractivity contribution in [3.63, 3.8) is 0 Å². The highest BCUT2D eigenvalue weighted by molar-refractivity contribution is 7.12. The molecule has 2 N–H and O–H groups in total. The fraction of sp³-hybridized carbons (Fsp3) is 0.296. The Morgan fingerprint density at radius 2 is 1.81 bits per heavy atom. The molecule has 0 bridgehead atoms. The third-order valence-corrected chi connectivity index (χ3v) is 6.90. The van der Waals surface area contributed by atoms with Crippen LogP contribution in [0.15, 0.2) is 66.0 Å². The highest BCUT2D eigenvalue weighted by atomic mass is 35.5. The summed E-state index contributed by atoms with van der Waals surface area (Å²) in [6.45, 7) is 5.51. The number of methoxy groups -OCH3 is 1. The van der Waals surface area contributed by atoms with E-state index in [1.165, 1.54) is 23.3 Å². The van der Waals surface area contributed by atoms with Crippen LogP contribution in [-0.2, 0) is 9.59 Å². The first-order valence-corrected chi connectivity index (χ1v) is 12.8. The molecule has 0 fully saturated rings. The number of benzene rings is 2. The maximum Gasteiger partial charge on any atom is 0.261 e. The quantitative estimate of drug-likeness (QED) is 0.378. The van der Waals surface area contributed by atoms with E-state index in [0.717, 1.165) is 0 Å². The predicted molar refractivity (Wildman–Crippen MR) is 144 cm³/mol. The van der Waals surface area contributed by atoms with E-state index in [0.29, 0.717) is 33.3 Å². The van der Waals surface area contributed by atoms with E-state index in [2.05, 4.69) is 10.6 Å². The molecule has 0 spiro atoms. The maximum absolute atomic E-state index is 13.8. The maximum atomic E-state index is 13.8. The number of hydrogen-bond donors (Lipinski definition) is 2. The number of carbonyl (C=O) groups excluding carboxylic acids is 3. The summed E-state index contributed by atoms with van der Waals surface area (Å²) in [6, 6.07) is 16.1. The monoisotopic (exact) mass is 527 g/mol. The summed E-state index contributed by atoms with van der Waals surface area (Å²) in [4.78, 5) is 41.8. The fourth-order valence-electron chi connectivity index (χ4n) is 3.49. The van der Waals surface area contributed by atoms with Gasteiger partial charge in [-0.15, -0.1) is 11.3 Å². The molecule has 0 saturated carbocycles. The molecule has 190 valence electrons. The number of anilines is 1. The number of hydrogen-bond acceptors (Lipinski definition) is 5. The van der Waals surface area contributed by atoms with E-state index < -0.39 is 17.5 Å². The molecule has 0 unspecified atom stereocenters. The van der Waals surface area contributed by atoms with Crippen molar-refractivity contribution < 1.29 is 19.1 Å². The zero-order valence-corrected chi connectivity index (χ0v) is 22.3. The smallest absolute Gasteiger partial charge is 0.261 e. The lowest BCUT2D eigenvalue weighted by Crippen LogP contribution is -2.52. The van der Waals surface area contributed by atoms with Crippen LogP contribution >= 0.6 is 22.9 Å². The van der Waals surface area contributed by atoms with Crippen LogP contribution in [0.25, 0.3) is 0 Å². The summed E-state index contributed by atoms with van der Waals surface area (Å²) >= 11 is 7.39. The number of carbonyl (C=O) groups is 3. The summed E-state index contributed by atoms with van der Waals surface area (Å²) in [5, 5.41) is 8.01. The Morgan fingerprint density at radius 3 is 2.42 bits per heavy atom. The van der Waals surface area contributed by atoms with Crippen molar-refractivity contribution in [3.8, 4) is 5.75 Å². The predicted octanol–water partition coefficient (Wildman–Crippen LogP) is 5.22. The van der Waals surface area contributed by atoms with Gasteiger partial charge in [-0.1, -0.05) is 36.7 Å². The minimum atomic E-state index is -1.03. The van der Waals surface area contributed by atoms with Crippen LogP contribution in [0.1, 0.15) is 48.5 Å². The number of nitrogens with zero attached hydrogens (tertiary/aromatic N) is 1. The SMILES string of the molecule is CCC(C)(C)NC(=O)[C@@H](c1cccc(OC)c1)N(C(=O)CNC(=O)c1cccs1)c1ccc(Cl)cc1. The molecule has 1 aromatic heterocycles. The van der Waals surface area contributed by atoms with Crippen LogP contribution < -0.4 is 20.3 Å². The molecule has 1 heterocycles. The van der Waals surface area contributed by atoms with Gasteiger partial charge in [0.1, 0.15) is 11.8 Å². The number of rotatable bonds is 10. The third-order valence-electron chi connectivity index (χ3n) is 5.78. The number of ether oxygens (including phenoxy) is 1. The van der Waals surface area contributed by atoms with E-state index in [1.54, 1.807) is 66.0 Å². The Bertz CT molecular complexity index is 1200. The van der Waals surface area contributed by atoms with Crippen LogP contribution in [0.5, 0.6) is 5.75 Å². The highest BCUT2D eigenvalue weighted by Crippen LogP contribution is 2.31. The average Bonchev–Trinajstić information content (AvgIpc) is 3.41. The minimum Gasteiger partial charge on any atom is -0.497 e. The van der Waals surface area contributed by atoms with Gasteiger partial charge < -0.3 is 15.4 Å². The molecule has 36 heavy (non-hydrogen) atoms. The first-order valence-electron chi connectivity index (χ1n) is 11.5. The second kappa shape index (κ2) is 12.1. The van der Waals surface area contributed by atoms with Crippen molar-refractivity contribution in [1.82, 2.24) is 10.6 Å². The van der Waals surface area contributed by atoms with E-state index >= 15 is 0 Å². The largest absolute Gasteiger partial charge is 0.497 e. The van der Waals surface area contributed by atoms with Crippen LogP contribution in [0.2, 0.25) is 5.02 Å². The lowest BCUT2D eigenvalue weighted by Gasteiger charge is -2.34. The van der Waals surface area contributed by atoms with E-state index in [-0.39, 0.29) is 18.4 Å². The highest BCUT2D eigenvalue weighted by Gasteiger charge is 2.35. The van der Waals surface area contributed by atoms with Gasteiger partial charge in [0, 0.05) is 16.2 Å². The Balaban J connectivity index is 2.04. The Kier molecular flexibility index (Phi) is 9.12. The molecule has 0 radical (unpaired) electrons. The summed E-state index contributed by atoms with van der Waals surface area (Å²) in [7, 11) is 1.54. The van der Waals surface area contributed by atoms with Gasteiger partial charge >= 0.3 is 0 Å². The normalized spacial score (nSPS) is 11.9. The van der Waals surface area contributed by atoms with Gasteiger partial charge in [0.25, 0.3) is 5.91 Å². The van der Waals surface area contributed by atoms with E-state index in [9.17, 15) is 14.4 Å². The third kappa shape index (κ3) is 6.86. The number of amides is 3. The molecule has 3 aromatic rings. The molecule has 3 amide bonds. The van der Waals surface area contributed by atoms with E-state index in [4.69, 9.17) is 16.3 Å². The Labute approximate surface area is 220 Å². The first-order chi connectivity index (χ1) is 17.1. The van der Waals surface area contributed by atoms with Crippen molar-refractivity contribution in [3.05, 3.63) is 81.5 Å². The summed E-state index contributed by atoms with van der Waals surface area (Å²) in [5.74, 6) is -0.624. The molecule has 2 aromatic carbocycles. The van der Waals surface area contributed by atoms with Crippen molar-refractivity contribution in [2.75, 3.05) is 18.6 Å². The molecule has 0 aliphatic rings. The number of halogens is 1. The van der Waals surface area contributed by atoms with E-state index in [1.807, 2.05) is 20.8 Å². The molecular weight excluding hydrogens is 498 g/mol. The second-order valence-electron chi connectivity index (χ2n) is 8.81. The fourth-order valence-corrected chi connectivity index (χ4v) is 4.26. The summed E-state index contributed by atoms with van der Waals surface area (Å²) in [6.07, 6.45) is 0.690. The van der Waals surface area contributed by atoms with Crippen molar-refractivity contribution in [2.24, 2.45) is 0 Å². The number of nitrogens with one attached hydrogen (secondary N) is 2. The van der Waals surface area contributed by atoms with Gasteiger partial charge in [0.05, 0.1) is 18.5 Å². The van der Waals surface area contributed by atoms with Crippen molar-refractivity contribution in [1.29, 1.82) is 0 Å². The second-order valence-corrected chi connectivity index (χ2v) is 10.2. The zero-order valence-electron chi connectivity index (χ0n) is 20.7. The molecule has 7 nitrogen and oxygen atoms in total. The van der Waals surface area contributed by atoms with Crippen LogP contribution in [0, 0.1) is 0 Å². The summed E-state index contributed by atoms with van der Waals surface area (Å²) in [5.41, 5.74) is 0.523. The average molecular weight is 528 g/mol. The molecule has 0 aliphatic carbocycles. The van der Waals surface area contributed by atoms with Crippen LogP contribution in [-0.4, -0.2) is 36.9 Å². The van der Waals surface area contributed by atoms with Gasteiger partial charge in [-0.2, -0.15) is 0 Å². The van der Waals surface area contributed by atoms with Crippen LogP contribution in [0.4, 0.5) is 5.69 Å². The molecule has 9 heteroatoms. The van der Waals surface area contributed by atoms with Crippen molar-refractivity contribution >= 4 is 46.3 Å².